The number of allylic oxidation sites excluding steroid dienone is 10. The Morgan fingerprint density at radius 3 is 2.65 bits per heavy atom. The van der Waals surface area contributed by atoms with Crippen molar-refractivity contribution < 1.29 is 0 Å². The summed E-state index contributed by atoms with van der Waals surface area (Å²) < 4.78 is 0. The summed E-state index contributed by atoms with van der Waals surface area (Å²) >= 11 is 0. The quantitative estimate of drug-likeness (QED) is 0.582. The zero-order valence-electron chi connectivity index (χ0n) is 11.2. The third-order valence-electron chi connectivity index (χ3n) is 2.83. The van der Waals surface area contributed by atoms with Crippen molar-refractivity contribution in [1.29, 1.82) is 0 Å². The van der Waals surface area contributed by atoms with Gasteiger partial charge in [-0.15, -0.1) is 0 Å². The summed E-state index contributed by atoms with van der Waals surface area (Å²) in [5.41, 5.74) is 3.44. The van der Waals surface area contributed by atoms with Gasteiger partial charge < -0.3 is 0 Å². The fourth-order valence-electron chi connectivity index (χ4n) is 1.73. The van der Waals surface area contributed by atoms with Crippen molar-refractivity contribution in [3.63, 3.8) is 0 Å². The van der Waals surface area contributed by atoms with E-state index in [1.54, 1.807) is 0 Å². The molecule has 0 saturated heterocycles. The lowest BCUT2D eigenvalue weighted by Crippen LogP contribution is -2.00. The van der Waals surface area contributed by atoms with E-state index in [4.69, 9.17) is 0 Å². The molecule has 1 aliphatic carbocycles. The molecule has 0 N–H and O–H groups in total. The second-order valence-electron chi connectivity index (χ2n) is 4.89. The average molecular weight is 226 g/mol. The monoisotopic (exact) mass is 226 g/mol. The van der Waals surface area contributed by atoms with Gasteiger partial charge in [-0.3, -0.25) is 0 Å². The van der Waals surface area contributed by atoms with Crippen LogP contribution in [0.5, 0.6) is 0 Å². The van der Waals surface area contributed by atoms with E-state index in [9.17, 15) is 0 Å². The van der Waals surface area contributed by atoms with Crippen molar-refractivity contribution in [2.75, 3.05) is 0 Å². The van der Waals surface area contributed by atoms with Gasteiger partial charge in [0.1, 0.15) is 0 Å². The molecule has 0 aliphatic heterocycles. The summed E-state index contributed by atoms with van der Waals surface area (Å²) in [6, 6.07) is 0. The maximum absolute atomic E-state index is 4.16. The highest BCUT2D eigenvalue weighted by molar-refractivity contribution is 5.55. The summed E-state index contributed by atoms with van der Waals surface area (Å²) in [5, 5.41) is 0. The van der Waals surface area contributed by atoms with Gasteiger partial charge in [0.15, 0.2) is 0 Å². The average Bonchev–Trinajstić information content (AvgIpc) is 2.46. The Kier molecular flexibility index (Phi) is 4.51. The van der Waals surface area contributed by atoms with Crippen LogP contribution in [-0.2, 0) is 0 Å². The lowest BCUT2D eigenvalue weighted by atomic mass is 9.92. The van der Waals surface area contributed by atoms with Gasteiger partial charge >= 0.3 is 0 Å². The highest BCUT2D eigenvalue weighted by Crippen LogP contribution is 2.27. The molecule has 90 valence electrons. The third kappa shape index (κ3) is 3.74. The number of hydrogen-bond donors (Lipinski definition) is 0. The van der Waals surface area contributed by atoms with E-state index in [0.717, 1.165) is 23.1 Å². The molecule has 0 nitrogen and oxygen atoms in total. The SMILES string of the molecule is C=C/C(=C\CC)C(=C)C1=CC=CC(C)(C)C=C1. The normalized spacial score (nSPS) is 18.5. The highest BCUT2D eigenvalue weighted by atomic mass is 14.2. The number of hydrogen-bond acceptors (Lipinski definition) is 0. The van der Waals surface area contributed by atoms with Crippen LogP contribution < -0.4 is 0 Å². The van der Waals surface area contributed by atoms with Crippen LogP contribution in [-0.4, -0.2) is 0 Å². The molecule has 0 radical (unpaired) electrons. The highest BCUT2D eigenvalue weighted by Gasteiger charge is 2.12. The summed E-state index contributed by atoms with van der Waals surface area (Å²) in [6.07, 6.45) is 15.8. The second-order valence-corrected chi connectivity index (χ2v) is 4.89. The smallest absolute Gasteiger partial charge is 0.00109 e. The first-order valence-electron chi connectivity index (χ1n) is 6.11. The first-order chi connectivity index (χ1) is 8.00. The van der Waals surface area contributed by atoms with Gasteiger partial charge in [0.2, 0.25) is 0 Å². The first kappa shape index (κ1) is 13.5. The molecule has 0 aromatic rings. The van der Waals surface area contributed by atoms with Crippen molar-refractivity contribution in [2.24, 2.45) is 5.41 Å². The maximum atomic E-state index is 4.16. The van der Waals surface area contributed by atoms with E-state index in [1.165, 1.54) is 0 Å². The van der Waals surface area contributed by atoms with Gasteiger partial charge in [-0.05, 0) is 23.1 Å². The Hall–Kier alpha value is -1.56. The first-order valence-corrected chi connectivity index (χ1v) is 6.11. The number of rotatable bonds is 4. The molecule has 0 heteroatoms. The van der Waals surface area contributed by atoms with Gasteiger partial charge in [-0.2, -0.15) is 0 Å². The Bertz CT molecular complexity index is 423. The van der Waals surface area contributed by atoms with E-state index in [-0.39, 0.29) is 5.41 Å². The molecule has 0 heterocycles. The molecule has 0 atom stereocenters. The lowest BCUT2D eigenvalue weighted by Gasteiger charge is -2.13. The maximum Gasteiger partial charge on any atom is 0.00109 e. The van der Waals surface area contributed by atoms with E-state index >= 15 is 0 Å². The molecule has 0 saturated carbocycles. The molecule has 0 unspecified atom stereocenters. The molecular weight excluding hydrogens is 204 g/mol. The van der Waals surface area contributed by atoms with Crippen LogP contribution in [0.2, 0.25) is 0 Å². The zero-order valence-corrected chi connectivity index (χ0v) is 11.2. The van der Waals surface area contributed by atoms with Crippen molar-refractivity contribution in [1.82, 2.24) is 0 Å². The van der Waals surface area contributed by atoms with Crippen LogP contribution in [0.25, 0.3) is 0 Å². The topological polar surface area (TPSA) is 0 Å². The molecule has 0 bridgehead atoms. The van der Waals surface area contributed by atoms with Gasteiger partial charge in [0, 0.05) is 5.41 Å². The van der Waals surface area contributed by atoms with Gasteiger partial charge in [-0.25, -0.2) is 0 Å². The third-order valence-corrected chi connectivity index (χ3v) is 2.83. The van der Waals surface area contributed by atoms with E-state index < -0.39 is 0 Å². The Morgan fingerprint density at radius 1 is 1.35 bits per heavy atom. The van der Waals surface area contributed by atoms with E-state index in [1.807, 2.05) is 6.08 Å². The Morgan fingerprint density at radius 2 is 2.06 bits per heavy atom. The standard InChI is InChI=1S/C17H22/c1-6-9-15(7-2)14(3)16-10-8-12-17(4,5)13-11-16/h7-13H,2-3,6H2,1,4-5H3/b15-9+. The van der Waals surface area contributed by atoms with Crippen LogP contribution in [0.3, 0.4) is 0 Å². The summed E-state index contributed by atoms with van der Waals surface area (Å²) in [7, 11) is 0. The van der Waals surface area contributed by atoms with Crippen molar-refractivity contribution in [2.45, 2.75) is 27.2 Å². The molecule has 0 spiro atoms. The summed E-state index contributed by atoms with van der Waals surface area (Å²) in [5.74, 6) is 0. The Labute approximate surface area is 105 Å². The largest absolute Gasteiger partial charge is 0.0985 e. The fraction of sp³-hybridized carbons (Fsp3) is 0.294. The lowest BCUT2D eigenvalue weighted by molar-refractivity contribution is 0.627. The summed E-state index contributed by atoms with van der Waals surface area (Å²) in [6.45, 7) is 14.5. The molecule has 0 fully saturated rings. The molecule has 1 aliphatic rings. The molecule has 0 aromatic carbocycles. The fourth-order valence-corrected chi connectivity index (χ4v) is 1.73. The van der Waals surface area contributed by atoms with Crippen molar-refractivity contribution in [3.05, 3.63) is 72.4 Å². The van der Waals surface area contributed by atoms with Crippen molar-refractivity contribution >= 4 is 0 Å². The molecule has 1 rings (SSSR count). The minimum Gasteiger partial charge on any atom is -0.0985 e. The summed E-state index contributed by atoms with van der Waals surface area (Å²) in [4.78, 5) is 0. The van der Waals surface area contributed by atoms with Gasteiger partial charge in [0.25, 0.3) is 0 Å². The molecule has 0 amide bonds. The van der Waals surface area contributed by atoms with Crippen LogP contribution in [0.1, 0.15) is 27.2 Å². The zero-order chi connectivity index (χ0) is 12.9. The molecule has 17 heavy (non-hydrogen) atoms. The predicted octanol–water partition coefficient (Wildman–Crippen LogP) is 5.14. The van der Waals surface area contributed by atoms with Crippen LogP contribution in [0, 0.1) is 5.41 Å². The molecule has 0 aromatic heterocycles. The minimum atomic E-state index is 0.112. The van der Waals surface area contributed by atoms with E-state index in [2.05, 4.69) is 70.4 Å². The minimum absolute atomic E-state index is 0.112. The van der Waals surface area contributed by atoms with Gasteiger partial charge in [0.05, 0.1) is 0 Å². The van der Waals surface area contributed by atoms with Gasteiger partial charge in [-0.1, -0.05) is 76.5 Å². The molecular formula is C17H22. The van der Waals surface area contributed by atoms with Crippen molar-refractivity contribution in [3.8, 4) is 0 Å². The van der Waals surface area contributed by atoms with Crippen LogP contribution >= 0.6 is 0 Å². The van der Waals surface area contributed by atoms with E-state index in [0.29, 0.717) is 0 Å². The van der Waals surface area contributed by atoms with Crippen LogP contribution in [0.4, 0.5) is 0 Å². The van der Waals surface area contributed by atoms with Crippen LogP contribution in [0.15, 0.2) is 72.4 Å². The predicted molar refractivity (Wildman–Crippen MR) is 77.9 cm³/mol. The Balaban J connectivity index is 2.99. The second kappa shape index (κ2) is 5.67.